The van der Waals surface area contributed by atoms with Crippen molar-refractivity contribution in [1.29, 1.82) is 0 Å². The van der Waals surface area contributed by atoms with Gasteiger partial charge in [-0.1, -0.05) is 43.6 Å². The molecule has 1 aliphatic heterocycles. The highest BCUT2D eigenvalue weighted by Gasteiger charge is 2.21. The van der Waals surface area contributed by atoms with Crippen LogP contribution in [0.4, 0.5) is 0 Å². The molecule has 0 saturated carbocycles. The highest BCUT2D eigenvalue weighted by Crippen LogP contribution is 2.27. The quantitative estimate of drug-likeness (QED) is 0.470. The zero-order valence-corrected chi connectivity index (χ0v) is 19.1. The number of aromatic nitrogens is 3. The van der Waals surface area contributed by atoms with Gasteiger partial charge in [0.05, 0.1) is 6.04 Å². The van der Waals surface area contributed by atoms with E-state index in [1.165, 1.54) is 12.8 Å². The van der Waals surface area contributed by atoms with Crippen LogP contribution in [0, 0.1) is 0 Å². The summed E-state index contributed by atoms with van der Waals surface area (Å²) in [6, 6.07) is 8.26. The molecule has 2 heterocycles. The molecule has 1 aromatic heterocycles. The lowest BCUT2D eigenvalue weighted by Crippen LogP contribution is -2.43. The van der Waals surface area contributed by atoms with Crippen molar-refractivity contribution < 1.29 is 0 Å². The van der Waals surface area contributed by atoms with Gasteiger partial charge in [0.15, 0.2) is 11.8 Å². The van der Waals surface area contributed by atoms with Crippen molar-refractivity contribution in [3.8, 4) is 0 Å². The maximum Gasteiger partial charge on any atom is 0.191 e. The Hall–Kier alpha value is -2.12. The molecule has 1 unspecified atom stereocenters. The van der Waals surface area contributed by atoms with E-state index in [0.717, 1.165) is 67.3 Å². The highest BCUT2D eigenvalue weighted by atomic mass is 35.5. The molecule has 2 aromatic rings. The number of hydrogen-bond donors (Lipinski definition) is 2. The molecule has 0 bridgehead atoms. The second-order valence-electron chi connectivity index (χ2n) is 7.48. The molecular formula is C22H34ClN7. The highest BCUT2D eigenvalue weighted by molar-refractivity contribution is 6.31. The van der Waals surface area contributed by atoms with Gasteiger partial charge in [0.2, 0.25) is 0 Å². The number of fused-ring (bicyclic) bond motifs is 1. The molecule has 164 valence electrons. The molecule has 0 saturated heterocycles. The van der Waals surface area contributed by atoms with Gasteiger partial charge in [-0.3, -0.25) is 4.90 Å². The smallest absolute Gasteiger partial charge is 0.191 e. The fraction of sp³-hybridized carbons (Fsp3) is 0.591. The van der Waals surface area contributed by atoms with Crippen LogP contribution in [0.15, 0.2) is 29.3 Å². The number of likely N-dealkylation sites (N-methyl/N-ethyl adjacent to an activating group) is 1. The second kappa shape index (κ2) is 11.3. The van der Waals surface area contributed by atoms with Crippen molar-refractivity contribution in [2.45, 2.75) is 59.2 Å². The molecule has 1 atom stereocenters. The minimum absolute atomic E-state index is 0.165. The summed E-state index contributed by atoms with van der Waals surface area (Å²) >= 11 is 6.53. The van der Waals surface area contributed by atoms with Crippen LogP contribution in [0.2, 0.25) is 5.02 Å². The Kier molecular flexibility index (Phi) is 8.51. The predicted molar refractivity (Wildman–Crippen MR) is 123 cm³/mol. The van der Waals surface area contributed by atoms with Crippen molar-refractivity contribution >= 4 is 17.6 Å². The predicted octanol–water partition coefficient (Wildman–Crippen LogP) is 3.41. The van der Waals surface area contributed by atoms with Crippen LogP contribution in [-0.2, 0) is 19.5 Å². The molecule has 2 N–H and O–H groups in total. The normalized spacial score (nSPS) is 15.2. The van der Waals surface area contributed by atoms with E-state index in [4.69, 9.17) is 16.6 Å². The van der Waals surface area contributed by atoms with E-state index in [9.17, 15) is 0 Å². The van der Waals surface area contributed by atoms with Gasteiger partial charge in [-0.15, -0.1) is 10.2 Å². The van der Waals surface area contributed by atoms with Gasteiger partial charge < -0.3 is 15.2 Å². The van der Waals surface area contributed by atoms with Crippen LogP contribution in [0.5, 0.6) is 0 Å². The van der Waals surface area contributed by atoms with Gasteiger partial charge in [-0.05, 0) is 44.5 Å². The number of aliphatic imine (C=N–C) groups is 1. The maximum absolute atomic E-state index is 6.53. The minimum Gasteiger partial charge on any atom is -0.357 e. The molecule has 0 fully saturated rings. The van der Waals surface area contributed by atoms with Crippen molar-refractivity contribution in [2.75, 3.05) is 26.2 Å². The first-order valence-electron chi connectivity index (χ1n) is 11.1. The largest absolute Gasteiger partial charge is 0.357 e. The molecule has 0 amide bonds. The Labute approximate surface area is 184 Å². The number of aryl methyl sites for hydroxylation is 1. The Bertz CT molecular complexity index is 829. The van der Waals surface area contributed by atoms with Crippen molar-refractivity contribution in [3.05, 3.63) is 46.5 Å². The lowest BCUT2D eigenvalue weighted by Gasteiger charge is -2.31. The van der Waals surface area contributed by atoms with Crippen molar-refractivity contribution in [1.82, 2.24) is 30.3 Å². The lowest BCUT2D eigenvalue weighted by atomic mass is 10.0. The van der Waals surface area contributed by atoms with E-state index in [1.54, 1.807) is 0 Å². The van der Waals surface area contributed by atoms with Crippen LogP contribution < -0.4 is 10.6 Å². The zero-order chi connectivity index (χ0) is 21.3. The number of rotatable bonds is 9. The molecule has 0 spiro atoms. The Morgan fingerprint density at radius 1 is 1.17 bits per heavy atom. The maximum atomic E-state index is 6.53. The summed E-state index contributed by atoms with van der Waals surface area (Å²) < 4.78 is 2.22. The van der Waals surface area contributed by atoms with Gasteiger partial charge in [0.25, 0.3) is 0 Å². The molecule has 30 heavy (non-hydrogen) atoms. The fourth-order valence-corrected chi connectivity index (χ4v) is 4.28. The third-order valence-corrected chi connectivity index (χ3v) is 5.98. The second-order valence-corrected chi connectivity index (χ2v) is 7.88. The Morgan fingerprint density at radius 3 is 2.70 bits per heavy atom. The summed E-state index contributed by atoms with van der Waals surface area (Å²) in [6.07, 6.45) is 3.39. The monoisotopic (exact) mass is 431 g/mol. The molecule has 0 aliphatic carbocycles. The topological polar surface area (TPSA) is 70.4 Å². The van der Waals surface area contributed by atoms with Crippen LogP contribution in [-0.4, -0.2) is 51.8 Å². The average Bonchev–Trinajstić information content (AvgIpc) is 3.18. The van der Waals surface area contributed by atoms with E-state index in [2.05, 4.69) is 57.1 Å². The number of nitrogens with zero attached hydrogens (tertiary/aromatic N) is 5. The molecule has 0 radical (unpaired) electrons. The van der Waals surface area contributed by atoms with Crippen LogP contribution in [0.3, 0.4) is 0 Å². The average molecular weight is 432 g/mol. The van der Waals surface area contributed by atoms with Gasteiger partial charge in [0, 0.05) is 31.1 Å². The van der Waals surface area contributed by atoms with Gasteiger partial charge in [-0.25, -0.2) is 4.99 Å². The molecule has 1 aliphatic rings. The van der Waals surface area contributed by atoms with Gasteiger partial charge in [-0.2, -0.15) is 0 Å². The third-order valence-electron chi connectivity index (χ3n) is 5.64. The number of benzene rings is 1. The Balaban J connectivity index is 1.73. The molecule has 3 rings (SSSR count). The first kappa shape index (κ1) is 22.6. The summed E-state index contributed by atoms with van der Waals surface area (Å²) in [6.45, 7) is 11.4. The first-order chi connectivity index (χ1) is 14.7. The van der Waals surface area contributed by atoms with Crippen LogP contribution in [0.1, 0.15) is 56.9 Å². The minimum atomic E-state index is 0.165. The standard InChI is InChI=1S/C22H34ClN7/c1-4-24-22(26-16-21-28-27-20-13-9-10-14-30(20)21)25-15-19(29(5-2)6-3)17-11-7-8-12-18(17)23/h7-8,11-12,19H,4-6,9-10,13-16H2,1-3H3,(H2,24,25,26). The Morgan fingerprint density at radius 2 is 1.97 bits per heavy atom. The van der Waals surface area contributed by atoms with Crippen molar-refractivity contribution in [3.63, 3.8) is 0 Å². The molecule has 8 heteroatoms. The summed E-state index contributed by atoms with van der Waals surface area (Å²) in [5, 5.41) is 16.4. The molecule has 7 nitrogen and oxygen atoms in total. The summed E-state index contributed by atoms with van der Waals surface area (Å²) in [4.78, 5) is 7.19. The van der Waals surface area contributed by atoms with E-state index in [-0.39, 0.29) is 6.04 Å². The van der Waals surface area contributed by atoms with E-state index in [0.29, 0.717) is 6.54 Å². The molecule has 1 aromatic carbocycles. The van der Waals surface area contributed by atoms with Crippen LogP contribution in [0.25, 0.3) is 0 Å². The van der Waals surface area contributed by atoms with Crippen LogP contribution >= 0.6 is 11.6 Å². The summed E-state index contributed by atoms with van der Waals surface area (Å²) in [5.74, 6) is 2.81. The lowest BCUT2D eigenvalue weighted by molar-refractivity contribution is 0.219. The van der Waals surface area contributed by atoms with Crippen molar-refractivity contribution in [2.24, 2.45) is 4.99 Å². The fourth-order valence-electron chi connectivity index (χ4n) is 4.02. The summed E-state index contributed by atoms with van der Waals surface area (Å²) in [7, 11) is 0. The van der Waals surface area contributed by atoms with Gasteiger partial charge >= 0.3 is 0 Å². The molecular weight excluding hydrogens is 398 g/mol. The zero-order valence-electron chi connectivity index (χ0n) is 18.4. The number of nitrogens with one attached hydrogen (secondary N) is 2. The van der Waals surface area contributed by atoms with E-state index < -0.39 is 0 Å². The van der Waals surface area contributed by atoms with Gasteiger partial charge in [0.1, 0.15) is 12.4 Å². The number of guanidine groups is 1. The third kappa shape index (κ3) is 5.52. The summed E-state index contributed by atoms with van der Waals surface area (Å²) in [5.41, 5.74) is 1.14. The number of halogens is 1. The van der Waals surface area contributed by atoms with E-state index in [1.807, 2.05) is 18.2 Å². The van der Waals surface area contributed by atoms with E-state index >= 15 is 0 Å². The SMILES string of the molecule is CCNC(=NCc1nnc2n1CCCC2)NCC(c1ccccc1Cl)N(CC)CC. The first-order valence-corrected chi connectivity index (χ1v) is 11.5. The number of hydrogen-bond acceptors (Lipinski definition) is 4.